The van der Waals surface area contributed by atoms with Gasteiger partial charge in [0.2, 0.25) is 0 Å². The number of hydrogen-bond acceptors (Lipinski definition) is 3. The lowest BCUT2D eigenvalue weighted by atomic mass is 9.93. The predicted molar refractivity (Wildman–Crippen MR) is 140 cm³/mol. The van der Waals surface area contributed by atoms with E-state index in [4.69, 9.17) is 9.72 Å². The summed E-state index contributed by atoms with van der Waals surface area (Å²) in [5, 5.41) is 0. The molecule has 37 heavy (non-hydrogen) atoms. The summed E-state index contributed by atoms with van der Waals surface area (Å²) in [5.41, 5.74) is 5.50. The first-order valence-electron chi connectivity index (χ1n) is 12.9. The summed E-state index contributed by atoms with van der Waals surface area (Å²) in [6.07, 6.45) is 0.0149. The van der Waals surface area contributed by atoms with Crippen LogP contribution >= 0.6 is 0 Å². The molecule has 0 atom stereocenters. The molecule has 4 nitrogen and oxygen atoms in total. The van der Waals surface area contributed by atoms with Gasteiger partial charge in [0.25, 0.3) is 5.91 Å². The van der Waals surface area contributed by atoms with Gasteiger partial charge in [-0.2, -0.15) is 13.2 Å². The molecule has 1 aliphatic rings. The number of rotatable bonds is 7. The van der Waals surface area contributed by atoms with Gasteiger partial charge in [-0.25, -0.2) is 0 Å². The zero-order valence-corrected chi connectivity index (χ0v) is 21.8. The smallest absolute Gasteiger partial charge is 0.374 e. The van der Waals surface area contributed by atoms with Crippen molar-refractivity contribution >= 4 is 11.6 Å². The summed E-state index contributed by atoms with van der Waals surface area (Å²) in [4.78, 5) is 20.0. The van der Waals surface area contributed by atoms with Crippen molar-refractivity contribution in [3.8, 4) is 11.3 Å². The Hall–Kier alpha value is -3.19. The highest BCUT2D eigenvalue weighted by Crippen LogP contribution is 2.37. The number of pyridine rings is 1. The van der Waals surface area contributed by atoms with Gasteiger partial charge in [0.05, 0.1) is 29.5 Å². The van der Waals surface area contributed by atoms with Gasteiger partial charge in [-0.1, -0.05) is 38.1 Å². The number of aryl methyl sites for hydroxylation is 3. The second-order valence-corrected chi connectivity index (χ2v) is 9.65. The van der Waals surface area contributed by atoms with Gasteiger partial charge in [-0.3, -0.25) is 9.78 Å². The molecule has 2 aromatic carbocycles. The summed E-state index contributed by atoms with van der Waals surface area (Å²) in [6, 6.07) is 11.8. The van der Waals surface area contributed by atoms with E-state index in [-0.39, 0.29) is 18.6 Å². The second kappa shape index (κ2) is 11.1. The van der Waals surface area contributed by atoms with E-state index >= 15 is 0 Å². The maximum absolute atomic E-state index is 13.8. The Morgan fingerprint density at radius 1 is 1.05 bits per heavy atom. The van der Waals surface area contributed by atoms with Crippen LogP contribution in [0.15, 0.2) is 48.7 Å². The standard InChI is InChI=1S/C30H33F3N2O2/c1-5-20-9-7-10-21(6-2)28(20)26-15-23(18-37-19(3)4)25(17-34-26)29(36)35-14-8-11-22-12-13-24(16-27(22)35)30(31,32)33/h7,9-10,12-13,15-17,19H,5-6,8,11,14,18H2,1-4H3. The van der Waals surface area contributed by atoms with Crippen LogP contribution in [0.1, 0.15) is 72.3 Å². The van der Waals surface area contributed by atoms with E-state index < -0.39 is 11.7 Å². The van der Waals surface area contributed by atoms with Crippen LogP contribution in [0.2, 0.25) is 0 Å². The molecule has 0 fully saturated rings. The third-order valence-corrected chi connectivity index (χ3v) is 6.82. The van der Waals surface area contributed by atoms with Gasteiger partial charge in [0.15, 0.2) is 0 Å². The van der Waals surface area contributed by atoms with Gasteiger partial charge in [0.1, 0.15) is 0 Å². The highest BCUT2D eigenvalue weighted by molar-refractivity contribution is 6.07. The molecule has 3 aromatic rings. The number of nitrogens with zero attached hydrogens (tertiary/aromatic N) is 2. The molecule has 0 radical (unpaired) electrons. The lowest BCUT2D eigenvalue weighted by molar-refractivity contribution is -0.137. The number of fused-ring (bicyclic) bond motifs is 1. The average Bonchev–Trinajstić information content (AvgIpc) is 2.89. The first-order chi connectivity index (χ1) is 17.6. The summed E-state index contributed by atoms with van der Waals surface area (Å²) in [7, 11) is 0. The molecule has 4 rings (SSSR count). The third kappa shape index (κ3) is 5.72. The second-order valence-electron chi connectivity index (χ2n) is 9.65. The Labute approximate surface area is 216 Å². The summed E-state index contributed by atoms with van der Waals surface area (Å²) in [6.45, 7) is 8.59. The first-order valence-corrected chi connectivity index (χ1v) is 12.9. The van der Waals surface area contributed by atoms with Crippen LogP contribution in [0, 0.1) is 0 Å². The molecule has 0 bridgehead atoms. The van der Waals surface area contributed by atoms with E-state index in [9.17, 15) is 18.0 Å². The molecule has 1 aromatic heterocycles. The van der Waals surface area contributed by atoms with Gasteiger partial charge < -0.3 is 9.64 Å². The van der Waals surface area contributed by atoms with E-state index in [1.54, 1.807) is 6.20 Å². The lowest BCUT2D eigenvalue weighted by Crippen LogP contribution is -2.36. The van der Waals surface area contributed by atoms with E-state index in [0.29, 0.717) is 36.2 Å². The summed E-state index contributed by atoms with van der Waals surface area (Å²) >= 11 is 0. The van der Waals surface area contributed by atoms with Crippen LogP contribution in [-0.2, 0) is 36.8 Å². The van der Waals surface area contributed by atoms with Crippen LogP contribution in [0.5, 0.6) is 0 Å². The minimum atomic E-state index is -4.48. The largest absolute Gasteiger partial charge is 0.416 e. The predicted octanol–water partition coefficient (Wildman–Crippen LogP) is 7.41. The number of anilines is 1. The minimum absolute atomic E-state index is 0.0567. The van der Waals surface area contributed by atoms with Crippen molar-refractivity contribution in [1.82, 2.24) is 4.98 Å². The average molecular weight is 511 g/mol. The van der Waals surface area contributed by atoms with Gasteiger partial charge in [-0.05, 0) is 80.0 Å². The van der Waals surface area contributed by atoms with Crippen molar-refractivity contribution in [3.05, 3.63) is 82.0 Å². The molecule has 0 saturated heterocycles. The normalized spacial score (nSPS) is 13.7. The molecular formula is C30H33F3N2O2. The van der Waals surface area contributed by atoms with Crippen molar-refractivity contribution in [2.45, 2.75) is 72.3 Å². The molecule has 2 heterocycles. The van der Waals surface area contributed by atoms with E-state index in [1.807, 2.05) is 26.0 Å². The van der Waals surface area contributed by atoms with Crippen LogP contribution in [0.4, 0.5) is 18.9 Å². The number of alkyl halides is 3. The zero-order valence-electron chi connectivity index (χ0n) is 21.8. The van der Waals surface area contributed by atoms with E-state index in [2.05, 4.69) is 26.0 Å². The van der Waals surface area contributed by atoms with Crippen molar-refractivity contribution in [2.24, 2.45) is 0 Å². The lowest BCUT2D eigenvalue weighted by Gasteiger charge is -2.31. The monoisotopic (exact) mass is 510 g/mol. The molecule has 7 heteroatoms. The fourth-order valence-electron chi connectivity index (χ4n) is 4.88. The van der Waals surface area contributed by atoms with Crippen molar-refractivity contribution < 1.29 is 22.7 Å². The molecule has 1 aliphatic heterocycles. The highest BCUT2D eigenvalue weighted by atomic mass is 19.4. The number of carbonyl (C=O) groups is 1. The topological polar surface area (TPSA) is 42.4 Å². The Morgan fingerprint density at radius 3 is 2.38 bits per heavy atom. The summed E-state index contributed by atoms with van der Waals surface area (Å²) < 4.78 is 46.2. The molecule has 0 unspecified atom stereocenters. The zero-order chi connectivity index (χ0) is 26.7. The number of aromatic nitrogens is 1. The molecule has 0 N–H and O–H groups in total. The number of amides is 1. The van der Waals surface area contributed by atoms with Crippen molar-refractivity contribution in [1.29, 1.82) is 0 Å². The quantitative estimate of drug-likeness (QED) is 0.332. The molecule has 0 saturated carbocycles. The van der Waals surface area contributed by atoms with Crippen LogP contribution in [-0.4, -0.2) is 23.5 Å². The third-order valence-electron chi connectivity index (χ3n) is 6.82. The number of carbonyl (C=O) groups excluding carboxylic acids is 1. The van der Waals surface area contributed by atoms with Crippen LogP contribution < -0.4 is 4.90 Å². The summed E-state index contributed by atoms with van der Waals surface area (Å²) in [5.74, 6) is -0.360. The van der Waals surface area contributed by atoms with Crippen molar-refractivity contribution in [2.75, 3.05) is 11.4 Å². The van der Waals surface area contributed by atoms with Gasteiger partial charge in [-0.15, -0.1) is 0 Å². The highest BCUT2D eigenvalue weighted by Gasteiger charge is 2.33. The number of halogens is 3. The molecule has 1 amide bonds. The van der Waals surface area contributed by atoms with Gasteiger partial charge >= 0.3 is 6.18 Å². The van der Waals surface area contributed by atoms with Gasteiger partial charge in [0, 0.05) is 24.0 Å². The Kier molecular flexibility index (Phi) is 8.02. The molecule has 0 spiro atoms. The number of ether oxygens (including phenoxy) is 1. The van der Waals surface area contributed by atoms with E-state index in [1.165, 1.54) is 22.1 Å². The molecule has 0 aliphatic carbocycles. The van der Waals surface area contributed by atoms with Crippen molar-refractivity contribution in [3.63, 3.8) is 0 Å². The first kappa shape index (κ1) is 26.9. The maximum atomic E-state index is 13.8. The fraction of sp³-hybridized carbons (Fsp3) is 0.400. The van der Waals surface area contributed by atoms with Crippen LogP contribution in [0.25, 0.3) is 11.3 Å². The number of benzene rings is 2. The maximum Gasteiger partial charge on any atom is 0.416 e. The Balaban J connectivity index is 1.80. The molecule has 196 valence electrons. The molecular weight excluding hydrogens is 477 g/mol. The Bertz CT molecular complexity index is 1260. The Morgan fingerprint density at radius 2 is 1.76 bits per heavy atom. The SMILES string of the molecule is CCc1cccc(CC)c1-c1cc(COC(C)C)c(C(=O)N2CCCc3ccc(C(F)(F)F)cc32)cn1. The van der Waals surface area contributed by atoms with E-state index in [0.717, 1.165) is 41.8 Å². The minimum Gasteiger partial charge on any atom is -0.374 e. The van der Waals surface area contributed by atoms with Crippen LogP contribution in [0.3, 0.4) is 0 Å². The number of hydrogen-bond donors (Lipinski definition) is 0. The fourth-order valence-corrected chi connectivity index (χ4v) is 4.88.